The minimum absolute atomic E-state index is 0.216. The van der Waals surface area contributed by atoms with Gasteiger partial charge in [-0.15, -0.1) is 18.3 Å². The number of carbonyl (C=O) groups is 1. The molecule has 0 unspecified atom stereocenters. The zero-order valence-corrected chi connectivity index (χ0v) is 24.1. The van der Waals surface area contributed by atoms with Crippen LogP contribution in [-0.2, 0) is 6.42 Å². The molecule has 1 aromatic heterocycles. The van der Waals surface area contributed by atoms with Gasteiger partial charge < -0.3 is 15.4 Å². The fraction of sp³-hybridized carbons (Fsp3) is 0.300. The van der Waals surface area contributed by atoms with Crippen LogP contribution >= 0.6 is 11.9 Å². The van der Waals surface area contributed by atoms with Gasteiger partial charge in [0, 0.05) is 17.0 Å². The molecule has 0 aliphatic rings. The Morgan fingerprint density at radius 3 is 2.55 bits per heavy atom. The number of urea groups is 1. The summed E-state index contributed by atoms with van der Waals surface area (Å²) in [7, 11) is 0. The lowest BCUT2D eigenvalue weighted by atomic mass is 10.0. The summed E-state index contributed by atoms with van der Waals surface area (Å²) in [5, 5.41) is 10.2. The van der Waals surface area contributed by atoms with Crippen LogP contribution in [0.5, 0.6) is 5.75 Å². The van der Waals surface area contributed by atoms with Crippen LogP contribution < -0.4 is 20.1 Å². The zero-order chi connectivity index (χ0) is 30.0. The maximum atomic E-state index is 12.4. The molecule has 2 amide bonds. The van der Waals surface area contributed by atoms with E-state index in [1.807, 2.05) is 36.4 Å². The SMILES string of the molecule is CC(C)c1ccccc1SNCNC(=O)NCCCCc1cccc(-c2ncn(-c3ccc(OC(F)(F)F)cc3)n2)c1. The lowest BCUT2D eigenvalue weighted by Crippen LogP contribution is -2.39. The Morgan fingerprint density at radius 2 is 1.79 bits per heavy atom. The van der Waals surface area contributed by atoms with Gasteiger partial charge in [-0.3, -0.25) is 0 Å². The monoisotopic (exact) mass is 598 g/mol. The summed E-state index contributed by atoms with van der Waals surface area (Å²) in [5.41, 5.74) is 3.78. The van der Waals surface area contributed by atoms with E-state index in [0.717, 1.165) is 35.3 Å². The number of hydrogen-bond acceptors (Lipinski definition) is 6. The molecule has 3 N–H and O–H groups in total. The number of carbonyl (C=O) groups excluding carboxylic acids is 1. The summed E-state index contributed by atoms with van der Waals surface area (Å²) in [6.45, 7) is 5.22. The Morgan fingerprint density at radius 1 is 1.00 bits per heavy atom. The second kappa shape index (κ2) is 14.7. The number of amides is 2. The first kappa shape index (κ1) is 30.9. The molecular weight excluding hydrogens is 565 g/mol. The normalized spacial score (nSPS) is 11.5. The number of aryl methyl sites for hydroxylation is 1. The lowest BCUT2D eigenvalue weighted by Gasteiger charge is -2.13. The molecule has 0 spiro atoms. The molecule has 42 heavy (non-hydrogen) atoms. The Kier molecular flexibility index (Phi) is 10.8. The molecule has 0 saturated carbocycles. The molecule has 0 radical (unpaired) electrons. The molecule has 222 valence electrons. The maximum absolute atomic E-state index is 12.4. The van der Waals surface area contributed by atoms with Crippen LogP contribution in [0.3, 0.4) is 0 Å². The maximum Gasteiger partial charge on any atom is 0.573 e. The van der Waals surface area contributed by atoms with Crippen molar-refractivity contribution in [1.82, 2.24) is 30.1 Å². The van der Waals surface area contributed by atoms with Gasteiger partial charge in [0.2, 0.25) is 0 Å². The number of nitrogens with one attached hydrogen (secondary N) is 3. The van der Waals surface area contributed by atoms with Crippen molar-refractivity contribution in [1.29, 1.82) is 0 Å². The standard InChI is InChI=1S/C30H33F3N6O2S/c1-21(2)26-11-3-4-12-27(26)42-37-19-35-29(40)34-17-6-5-8-22-9-7-10-23(18-22)28-36-20-39(38-28)24-13-15-25(16-14-24)41-30(31,32)33/h3-4,7,9-16,18,20-21,37H,5-6,8,17,19H2,1-2H3,(H2,34,35,40). The first-order valence-electron chi connectivity index (χ1n) is 13.6. The highest BCUT2D eigenvalue weighted by Crippen LogP contribution is 2.26. The van der Waals surface area contributed by atoms with E-state index < -0.39 is 6.36 Å². The Bertz CT molecular complexity index is 1440. The average molecular weight is 599 g/mol. The minimum Gasteiger partial charge on any atom is -0.406 e. The van der Waals surface area contributed by atoms with Crippen molar-refractivity contribution < 1.29 is 22.7 Å². The second-order valence-corrected chi connectivity index (χ2v) is 10.7. The first-order valence-corrected chi connectivity index (χ1v) is 14.4. The largest absolute Gasteiger partial charge is 0.573 e. The van der Waals surface area contributed by atoms with Crippen molar-refractivity contribution in [3.8, 4) is 22.8 Å². The quantitative estimate of drug-likeness (QED) is 0.0888. The molecule has 1 heterocycles. The predicted molar refractivity (Wildman–Crippen MR) is 157 cm³/mol. The van der Waals surface area contributed by atoms with Crippen LogP contribution in [0.4, 0.5) is 18.0 Å². The molecule has 0 fully saturated rings. The van der Waals surface area contributed by atoms with Crippen LogP contribution in [0.15, 0.2) is 84.0 Å². The topological polar surface area (TPSA) is 93.1 Å². The molecule has 4 aromatic rings. The van der Waals surface area contributed by atoms with Crippen molar-refractivity contribution in [3.63, 3.8) is 0 Å². The highest BCUT2D eigenvalue weighted by molar-refractivity contribution is 7.97. The molecular formula is C30H33F3N6O2S. The number of benzene rings is 3. The van der Waals surface area contributed by atoms with Crippen LogP contribution in [0.25, 0.3) is 17.1 Å². The fourth-order valence-electron chi connectivity index (χ4n) is 4.19. The van der Waals surface area contributed by atoms with E-state index >= 15 is 0 Å². The summed E-state index contributed by atoms with van der Waals surface area (Å²) >= 11 is 1.51. The van der Waals surface area contributed by atoms with Crippen molar-refractivity contribution in [2.24, 2.45) is 0 Å². The van der Waals surface area contributed by atoms with Gasteiger partial charge in [0.05, 0.1) is 12.4 Å². The van der Waals surface area contributed by atoms with E-state index in [2.05, 4.69) is 56.2 Å². The van der Waals surface area contributed by atoms with Crippen molar-refractivity contribution >= 4 is 18.0 Å². The third-order valence-corrected chi connectivity index (χ3v) is 7.11. The summed E-state index contributed by atoms with van der Waals surface area (Å²) < 4.78 is 45.8. The van der Waals surface area contributed by atoms with E-state index in [-0.39, 0.29) is 11.8 Å². The van der Waals surface area contributed by atoms with Crippen LogP contribution in [0.2, 0.25) is 0 Å². The molecule has 0 aliphatic carbocycles. The fourth-order valence-corrected chi connectivity index (χ4v) is 5.05. The van der Waals surface area contributed by atoms with E-state index in [1.165, 1.54) is 52.8 Å². The lowest BCUT2D eigenvalue weighted by molar-refractivity contribution is -0.274. The summed E-state index contributed by atoms with van der Waals surface area (Å²) in [5.74, 6) is 0.629. The molecule has 0 saturated heterocycles. The number of alkyl halides is 3. The predicted octanol–water partition coefficient (Wildman–Crippen LogP) is 6.83. The summed E-state index contributed by atoms with van der Waals surface area (Å²) in [6.07, 6.45) is -0.695. The van der Waals surface area contributed by atoms with Crippen LogP contribution in [0.1, 0.15) is 43.7 Å². The molecule has 12 heteroatoms. The third kappa shape index (κ3) is 9.52. The highest BCUT2D eigenvalue weighted by atomic mass is 32.2. The Balaban J connectivity index is 1.16. The van der Waals surface area contributed by atoms with Crippen molar-refractivity contribution in [2.75, 3.05) is 13.2 Å². The van der Waals surface area contributed by atoms with Crippen molar-refractivity contribution in [2.45, 2.75) is 50.3 Å². The van der Waals surface area contributed by atoms with Gasteiger partial charge in [0.15, 0.2) is 5.82 Å². The first-order chi connectivity index (χ1) is 20.2. The summed E-state index contributed by atoms with van der Waals surface area (Å²) in [6, 6.07) is 21.3. The minimum atomic E-state index is -4.74. The molecule has 4 rings (SSSR count). The highest BCUT2D eigenvalue weighted by Gasteiger charge is 2.31. The zero-order valence-electron chi connectivity index (χ0n) is 23.3. The van der Waals surface area contributed by atoms with Crippen LogP contribution in [-0.4, -0.2) is 40.4 Å². The van der Waals surface area contributed by atoms with Gasteiger partial charge in [0.25, 0.3) is 0 Å². The molecule has 0 bridgehead atoms. The number of rotatable bonds is 13. The number of aromatic nitrogens is 3. The van der Waals surface area contributed by atoms with E-state index in [9.17, 15) is 18.0 Å². The number of halogens is 3. The molecule has 0 atom stereocenters. The number of nitrogens with zero attached hydrogens (tertiary/aromatic N) is 3. The molecule has 0 aliphatic heterocycles. The van der Waals surface area contributed by atoms with Gasteiger partial charge in [-0.25, -0.2) is 19.2 Å². The van der Waals surface area contributed by atoms with Crippen LogP contribution in [0, 0.1) is 0 Å². The van der Waals surface area contributed by atoms with E-state index in [1.54, 1.807) is 0 Å². The smallest absolute Gasteiger partial charge is 0.406 e. The Labute approximate surface area is 247 Å². The van der Waals surface area contributed by atoms with Gasteiger partial charge in [-0.2, -0.15) is 0 Å². The summed E-state index contributed by atoms with van der Waals surface area (Å²) in [4.78, 5) is 17.6. The molecule has 8 nitrogen and oxygen atoms in total. The average Bonchev–Trinajstić information content (AvgIpc) is 3.46. The Hall–Kier alpha value is -4.03. The third-order valence-electron chi connectivity index (χ3n) is 6.23. The number of hydrogen-bond donors (Lipinski definition) is 3. The van der Waals surface area contributed by atoms with Gasteiger partial charge in [-0.05, 0) is 84.7 Å². The number of ether oxygens (including phenoxy) is 1. The van der Waals surface area contributed by atoms with Gasteiger partial charge >= 0.3 is 12.4 Å². The number of unbranched alkanes of at least 4 members (excludes halogenated alkanes) is 1. The van der Waals surface area contributed by atoms with E-state index in [0.29, 0.717) is 30.6 Å². The van der Waals surface area contributed by atoms with Gasteiger partial charge in [0.1, 0.15) is 12.1 Å². The molecule has 3 aromatic carbocycles. The van der Waals surface area contributed by atoms with Gasteiger partial charge in [-0.1, -0.05) is 50.2 Å². The second-order valence-electron chi connectivity index (χ2n) is 9.76. The van der Waals surface area contributed by atoms with E-state index in [4.69, 9.17) is 0 Å². The van der Waals surface area contributed by atoms with Crippen molar-refractivity contribution in [3.05, 3.63) is 90.3 Å².